The van der Waals surface area contributed by atoms with Crippen molar-refractivity contribution < 1.29 is 0 Å². The number of anilines is 1. The van der Waals surface area contributed by atoms with Crippen LogP contribution in [-0.4, -0.2) is 32.6 Å². The monoisotopic (exact) mass is 365 g/mol. The molecule has 1 atom stereocenters. The van der Waals surface area contributed by atoms with E-state index in [4.69, 9.17) is 5.10 Å². The zero-order chi connectivity index (χ0) is 18.2. The minimum absolute atomic E-state index is 0.0408. The number of nitrogens with zero attached hydrogens (tertiary/aromatic N) is 5. The Morgan fingerprint density at radius 2 is 1.63 bits per heavy atom. The molecule has 0 N–H and O–H groups in total. The molecule has 0 radical (unpaired) electrons. The van der Waals surface area contributed by atoms with Gasteiger partial charge in [-0.15, -0.1) is 5.10 Å². The van der Waals surface area contributed by atoms with Gasteiger partial charge in [0.1, 0.15) is 0 Å². The summed E-state index contributed by atoms with van der Waals surface area (Å²) in [7, 11) is 0. The molecule has 6 heteroatoms. The first kappa shape index (κ1) is 16.9. The van der Waals surface area contributed by atoms with E-state index in [1.54, 1.807) is 4.68 Å². The van der Waals surface area contributed by atoms with Gasteiger partial charge in [0.2, 0.25) is 0 Å². The molecule has 2 aliphatic carbocycles. The fourth-order valence-electron chi connectivity index (χ4n) is 4.88. The molecule has 1 aliphatic heterocycles. The Labute approximate surface area is 159 Å². The van der Waals surface area contributed by atoms with Gasteiger partial charge in [-0.25, -0.2) is 4.68 Å². The smallest absolute Gasteiger partial charge is 0.267 e. The summed E-state index contributed by atoms with van der Waals surface area (Å²) in [5.74, 6) is 0.976. The molecule has 3 aliphatic rings. The van der Waals surface area contributed by atoms with Crippen molar-refractivity contribution in [2.24, 2.45) is 0 Å². The highest BCUT2D eigenvalue weighted by molar-refractivity contribution is 5.44. The summed E-state index contributed by atoms with van der Waals surface area (Å²) in [6.07, 6.45) is 11.2. The first-order valence-corrected chi connectivity index (χ1v) is 10.5. The Morgan fingerprint density at radius 1 is 0.889 bits per heavy atom. The molecule has 27 heavy (non-hydrogen) atoms. The molecule has 1 saturated heterocycles. The second kappa shape index (κ2) is 7.06. The average Bonchev–Trinajstić information content (AvgIpc) is 3.16. The largest absolute Gasteiger partial charge is 0.350 e. The maximum atomic E-state index is 12.6. The van der Waals surface area contributed by atoms with Crippen molar-refractivity contribution in [3.63, 3.8) is 0 Å². The van der Waals surface area contributed by atoms with Crippen LogP contribution in [0.2, 0.25) is 0 Å². The van der Waals surface area contributed by atoms with Crippen LogP contribution in [0.4, 0.5) is 5.82 Å². The molecule has 5 rings (SSSR count). The molecule has 0 aromatic carbocycles. The van der Waals surface area contributed by atoms with Crippen LogP contribution >= 0.6 is 0 Å². The maximum Gasteiger partial charge on any atom is 0.267 e. The third kappa shape index (κ3) is 3.26. The summed E-state index contributed by atoms with van der Waals surface area (Å²) in [4.78, 5) is 14.9. The van der Waals surface area contributed by atoms with Crippen molar-refractivity contribution in [1.29, 1.82) is 0 Å². The zero-order valence-electron chi connectivity index (χ0n) is 15.9. The van der Waals surface area contributed by atoms with Gasteiger partial charge < -0.3 is 4.90 Å². The molecule has 142 valence electrons. The predicted octanol–water partition coefficient (Wildman–Crippen LogP) is 2.46. The van der Waals surface area contributed by atoms with Crippen LogP contribution < -0.4 is 10.5 Å². The van der Waals surface area contributed by atoms with Gasteiger partial charge >= 0.3 is 0 Å². The lowest BCUT2D eigenvalue weighted by molar-refractivity contribution is 0.471. The summed E-state index contributed by atoms with van der Waals surface area (Å²) in [6.45, 7) is 1.63. The molecule has 2 aromatic rings. The van der Waals surface area contributed by atoms with Crippen LogP contribution in [0.15, 0.2) is 16.9 Å². The number of aromatic nitrogens is 4. The standard InChI is InChI=1S/C21H27N5O/c27-21-13-16-7-2-4-10-19(16)24-26(21)14-17-8-5-11-25(17)20-12-15-6-1-3-9-18(15)22-23-20/h12-13,17H,1-11,14H2. The Morgan fingerprint density at radius 3 is 2.48 bits per heavy atom. The van der Waals surface area contributed by atoms with Crippen molar-refractivity contribution in [1.82, 2.24) is 20.0 Å². The molecule has 0 amide bonds. The van der Waals surface area contributed by atoms with E-state index in [-0.39, 0.29) is 11.6 Å². The number of hydrogen-bond acceptors (Lipinski definition) is 5. The van der Waals surface area contributed by atoms with Crippen LogP contribution in [0.5, 0.6) is 0 Å². The lowest BCUT2D eigenvalue weighted by Gasteiger charge is -2.27. The SMILES string of the molecule is O=c1cc2c(nn1CC1CCCN1c1cc3c(nn1)CCCC3)CCCC2. The first-order valence-electron chi connectivity index (χ1n) is 10.5. The second-order valence-electron chi connectivity index (χ2n) is 8.21. The molecule has 6 nitrogen and oxygen atoms in total. The van der Waals surface area contributed by atoms with E-state index >= 15 is 0 Å². The highest BCUT2D eigenvalue weighted by Gasteiger charge is 2.28. The number of hydrogen-bond donors (Lipinski definition) is 0. The van der Waals surface area contributed by atoms with Crippen molar-refractivity contribution in [3.8, 4) is 0 Å². The number of fused-ring (bicyclic) bond motifs is 2. The van der Waals surface area contributed by atoms with Crippen LogP contribution in [-0.2, 0) is 32.2 Å². The average molecular weight is 365 g/mol. The van der Waals surface area contributed by atoms with E-state index in [0.29, 0.717) is 6.54 Å². The van der Waals surface area contributed by atoms with Gasteiger partial charge in [-0.05, 0) is 81.4 Å². The summed E-state index contributed by atoms with van der Waals surface area (Å²) in [5.41, 5.74) is 4.86. The Kier molecular flexibility index (Phi) is 4.42. The van der Waals surface area contributed by atoms with Crippen molar-refractivity contribution in [2.75, 3.05) is 11.4 Å². The molecular weight excluding hydrogens is 338 g/mol. The van der Waals surface area contributed by atoms with E-state index in [1.807, 2.05) is 6.07 Å². The van der Waals surface area contributed by atoms with Crippen LogP contribution in [0.3, 0.4) is 0 Å². The van der Waals surface area contributed by atoms with Crippen LogP contribution in [0.25, 0.3) is 0 Å². The fraction of sp³-hybridized carbons (Fsp3) is 0.619. The van der Waals surface area contributed by atoms with Gasteiger partial charge in [0.15, 0.2) is 5.82 Å². The molecule has 0 saturated carbocycles. The van der Waals surface area contributed by atoms with Crippen molar-refractivity contribution >= 4 is 5.82 Å². The summed E-state index contributed by atoms with van der Waals surface area (Å²) < 4.78 is 1.69. The van der Waals surface area contributed by atoms with Crippen LogP contribution in [0, 0.1) is 0 Å². The van der Waals surface area contributed by atoms with E-state index in [2.05, 4.69) is 21.2 Å². The van der Waals surface area contributed by atoms with Gasteiger partial charge in [0.25, 0.3) is 5.56 Å². The summed E-state index contributed by atoms with van der Waals surface area (Å²) in [5, 5.41) is 13.7. The molecule has 2 aromatic heterocycles. The summed E-state index contributed by atoms with van der Waals surface area (Å²) in [6, 6.07) is 4.33. The summed E-state index contributed by atoms with van der Waals surface area (Å²) >= 11 is 0. The van der Waals surface area contributed by atoms with Gasteiger partial charge in [0, 0.05) is 12.6 Å². The van der Waals surface area contributed by atoms with Crippen molar-refractivity contribution in [3.05, 3.63) is 45.0 Å². The minimum Gasteiger partial charge on any atom is -0.350 e. The van der Waals surface area contributed by atoms with Crippen LogP contribution in [0.1, 0.15) is 61.0 Å². The van der Waals surface area contributed by atoms with E-state index in [1.165, 1.54) is 36.9 Å². The third-order valence-corrected chi connectivity index (χ3v) is 6.39. The van der Waals surface area contributed by atoms with E-state index in [0.717, 1.165) is 62.1 Å². The lowest BCUT2D eigenvalue weighted by Crippen LogP contribution is -2.38. The van der Waals surface area contributed by atoms with E-state index < -0.39 is 0 Å². The molecule has 3 heterocycles. The minimum atomic E-state index is 0.0408. The van der Waals surface area contributed by atoms with Gasteiger partial charge in [0.05, 0.1) is 24.0 Å². The molecule has 0 bridgehead atoms. The maximum absolute atomic E-state index is 12.6. The predicted molar refractivity (Wildman–Crippen MR) is 104 cm³/mol. The van der Waals surface area contributed by atoms with Gasteiger partial charge in [-0.1, -0.05) is 0 Å². The van der Waals surface area contributed by atoms with Crippen molar-refractivity contribution in [2.45, 2.75) is 76.8 Å². The highest BCUT2D eigenvalue weighted by Crippen LogP contribution is 2.28. The fourth-order valence-corrected chi connectivity index (χ4v) is 4.88. The number of rotatable bonds is 3. The van der Waals surface area contributed by atoms with Gasteiger partial charge in [-0.3, -0.25) is 4.79 Å². The zero-order valence-corrected chi connectivity index (χ0v) is 15.9. The Hall–Kier alpha value is -2.24. The van der Waals surface area contributed by atoms with E-state index in [9.17, 15) is 4.79 Å². The Balaban J connectivity index is 1.40. The highest BCUT2D eigenvalue weighted by atomic mass is 16.1. The quantitative estimate of drug-likeness (QED) is 0.836. The second-order valence-corrected chi connectivity index (χ2v) is 8.21. The third-order valence-electron chi connectivity index (χ3n) is 6.39. The molecule has 1 fully saturated rings. The lowest BCUT2D eigenvalue weighted by atomic mass is 9.97. The normalized spacial score (nSPS) is 21.8. The molecular formula is C21H27N5O. The topological polar surface area (TPSA) is 63.9 Å². The van der Waals surface area contributed by atoms with Gasteiger partial charge in [-0.2, -0.15) is 10.2 Å². The Bertz CT molecular complexity index is 906. The molecule has 0 spiro atoms. The number of aryl methyl sites for hydroxylation is 4. The first-order chi connectivity index (χ1) is 13.3. The molecule has 1 unspecified atom stereocenters.